The van der Waals surface area contributed by atoms with Gasteiger partial charge in [0, 0.05) is 16.9 Å². The molecule has 28 heavy (non-hydrogen) atoms. The van der Waals surface area contributed by atoms with Gasteiger partial charge in [0.25, 0.3) is 0 Å². The molecule has 0 bridgehead atoms. The van der Waals surface area contributed by atoms with E-state index in [1.807, 2.05) is 85.8 Å². The maximum atomic E-state index is 13.2. The minimum Gasteiger partial charge on any atom is -0.449 e. The van der Waals surface area contributed by atoms with Gasteiger partial charge in [0.05, 0.1) is 5.56 Å². The van der Waals surface area contributed by atoms with E-state index in [4.69, 9.17) is 4.42 Å². The van der Waals surface area contributed by atoms with Crippen LogP contribution in [0.25, 0.3) is 11.3 Å². The van der Waals surface area contributed by atoms with Crippen LogP contribution in [-0.4, -0.2) is 5.78 Å². The number of thioether (sulfide) groups is 1. The first-order valence-electron chi connectivity index (χ1n) is 9.18. The summed E-state index contributed by atoms with van der Waals surface area (Å²) < 4.78 is 6.13. The van der Waals surface area contributed by atoms with E-state index in [1.54, 1.807) is 11.8 Å². The van der Waals surface area contributed by atoms with Gasteiger partial charge >= 0.3 is 0 Å². The van der Waals surface area contributed by atoms with E-state index in [0.29, 0.717) is 22.0 Å². The molecule has 0 unspecified atom stereocenters. The molecular formula is C25H20O2S. The molecule has 1 heterocycles. The lowest BCUT2D eigenvalue weighted by atomic mass is 10.0. The van der Waals surface area contributed by atoms with Crippen LogP contribution in [0.4, 0.5) is 0 Å². The number of ketones is 1. The Hall–Kier alpha value is -3.04. The number of hydrogen-bond donors (Lipinski definition) is 0. The van der Waals surface area contributed by atoms with Gasteiger partial charge in [-0.05, 0) is 18.6 Å². The Labute approximate surface area is 169 Å². The van der Waals surface area contributed by atoms with Gasteiger partial charge in [0.15, 0.2) is 10.9 Å². The lowest BCUT2D eigenvalue weighted by Gasteiger charge is -2.03. The summed E-state index contributed by atoms with van der Waals surface area (Å²) in [5, 5.41) is 0.660. The van der Waals surface area contributed by atoms with Crippen molar-refractivity contribution in [3.63, 3.8) is 0 Å². The third-order valence-electron chi connectivity index (χ3n) is 4.53. The molecular weight excluding hydrogens is 364 g/mol. The van der Waals surface area contributed by atoms with Gasteiger partial charge in [-0.25, -0.2) is 0 Å². The van der Waals surface area contributed by atoms with Crippen LogP contribution in [0, 0.1) is 6.92 Å². The molecule has 0 saturated carbocycles. The molecule has 4 rings (SSSR count). The van der Waals surface area contributed by atoms with Gasteiger partial charge in [-0.15, -0.1) is 0 Å². The largest absolute Gasteiger partial charge is 0.449 e. The van der Waals surface area contributed by atoms with Gasteiger partial charge in [-0.2, -0.15) is 0 Å². The summed E-state index contributed by atoms with van der Waals surface area (Å²) in [6.07, 6.45) is 0. The normalized spacial score (nSPS) is 10.8. The molecule has 0 aliphatic carbocycles. The first kappa shape index (κ1) is 18.3. The Morgan fingerprint density at radius 3 is 2.18 bits per heavy atom. The van der Waals surface area contributed by atoms with Gasteiger partial charge in [-0.3, -0.25) is 4.79 Å². The fourth-order valence-electron chi connectivity index (χ4n) is 2.97. The minimum absolute atomic E-state index is 0.0125. The van der Waals surface area contributed by atoms with Crippen molar-refractivity contribution in [1.82, 2.24) is 0 Å². The van der Waals surface area contributed by atoms with E-state index < -0.39 is 0 Å². The van der Waals surface area contributed by atoms with Gasteiger partial charge in [0.1, 0.15) is 5.76 Å². The molecule has 0 atom stereocenters. The second-order valence-electron chi connectivity index (χ2n) is 6.65. The fourth-order valence-corrected chi connectivity index (χ4v) is 3.91. The lowest BCUT2D eigenvalue weighted by molar-refractivity contribution is 0.103. The van der Waals surface area contributed by atoms with Gasteiger partial charge < -0.3 is 4.42 Å². The van der Waals surface area contributed by atoms with Crippen LogP contribution in [0.15, 0.2) is 101 Å². The van der Waals surface area contributed by atoms with Crippen molar-refractivity contribution in [2.24, 2.45) is 0 Å². The molecule has 4 aromatic rings. The maximum Gasteiger partial charge on any atom is 0.197 e. The Morgan fingerprint density at radius 1 is 0.857 bits per heavy atom. The number of carbonyl (C=O) groups excluding carboxylic acids is 1. The molecule has 2 nitrogen and oxygen atoms in total. The van der Waals surface area contributed by atoms with Crippen molar-refractivity contribution in [3.8, 4) is 11.3 Å². The van der Waals surface area contributed by atoms with Crippen LogP contribution < -0.4 is 0 Å². The van der Waals surface area contributed by atoms with E-state index in [0.717, 1.165) is 16.9 Å². The highest BCUT2D eigenvalue weighted by atomic mass is 32.2. The van der Waals surface area contributed by atoms with E-state index >= 15 is 0 Å². The average molecular weight is 385 g/mol. The van der Waals surface area contributed by atoms with Gasteiger partial charge in [0.2, 0.25) is 0 Å². The molecule has 0 spiro atoms. The topological polar surface area (TPSA) is 30.2 Å². The number of rotatable bonds is 6. The quantitative estimate of drug-likeness (QED) is 0.271. The van der Waals surface area contributed by atoms with E-state index in [9.17, 15) is 4.79 Å². The van der Waals surface area contributed by atoms with Crippen molar-refractivity contribution >= 4 is 17.5 Å². The zero-order valence-electron chi connectivity index (χ0n) is 15.6. The molecule has 0 saturated heterocycles. The third kappa shape index (κ3) is 4.10. The first-order chi connectivity index (χ1) is 13.7. The van der Waals surface area contributed by atoms with Crippen molar-refractivity contribution in [2.45, 2.75) is 17.8 Å². The second kappa shape index (κ2) is 8.32. The lowest BCUT2D eigenvalue weighted by Crippen LogP contribution is -2.01. The Balaban J connectivity index is 1.69. The van der Waals surface area contributed by atoms with Crippen LogP contribution in [-0.2, 0) is 5.75 Å². The molecule has 0 radical (unpaired) electrons. The Bertz CT molecular complexity index is 1060. The highest BCUT2D eigenvalue weighted by Gasteiger charge is 2.20. The van der Waals surface area contributed by atoms with Crippen LogP contribution in [0.1, 0.15) is 27.0 Å². The number of carbonyl (C=O) groups is 1. The molecule has 138 valence electrons. The molecule has 3 heteroatoms. The highest BCUT2D eigenvalue weighted by molar-refractivity contribution is 7.98. The summed E-state index contributed by atoms with van der Waals surface area (Å²) in [7, 11) is 0. The average Bonchev–Trinajstić information content (AvgIpc) is 3.18. The van der Waals surface area contributed by atoms with E-state index in [-0.39, 0.29) is 5.78 Å². The summed E-state index contributed by atoms with van der Waals surface area (Å²) in [5.74, 6) is 1.45. The van der Waals surface area contributed by atoms with Crippen LogP contribution in [0.2, 0.25) is 0 Å². The SMILES string of the molecule is Cc1ccc(C(=O)c2cc(-c3ccccc3)oc2SCc2ccccc2)cc1. The first-order valence-corrected chi connectivity index (χ1v) is 10.2. The molecule has 0 N–H and O–H groups in total. The summed E-state index contributed by atoms with van der Waals surface area (Å²) in [5.41, 5.74) is 4.58. The number of hydrogen-bond acceptors (Lipinski definition) is 3. The molecule has 0 aliphatic heterocycles. The van der Waals surface area contributed by atoms with Crippen molar-refractivity contribution in [3.05, 3.63) is 113 Å². The molecule has 0 fully saturated rings. The monoisotopic (exact) mass is 384 g/mol. The molecule has 0 amide bonds. The molecule has 1 aromatic heterocycles. The summed E-state index contributed by atoms with van der Waals surface area (Å²) >= 11 is 1.55. The summed E-state index contributed by atoms with van der Waals surface area (Å²) in [4.78, 5) is 13.2. The highest BCUT2D eigenvalue weighted by Crippen LogP contribution is 2.35. The zero-order chi connectivity index (χ0) is 19.3. The van der Waals surface area contributed by atoms with Crippen molar-refractivity contribution < 1.29 is 9.21 Å². The standard InChI is InChI=1S/C25H20O2S/c1-18-12-14-21(15-13-18)24(26)22-16-23(20-10-6-3-7-11-20)27-25(22)28-17-19-8-4-2-5-9-19/h2-16H,17H2,1H3. The minimum atomic E-state index is -0.0125. The second-order valence-corrected chi connectivity index (χ2v) is 7.60. The summed E-state index contributed by atoms with van der Waals surface area (Å²) in [6.45, 7) is 2.01. The maximum absolute atomic E-state index is 13.2. The zero-order valence-corrected chi connectivity index (χ0v) is 16.4. The van der Waals surface area contributed by atoms with Crippen LogP contribution in [0.5, 0.6) is 0 Å². The summed E-state index contributed by atoms with van der Waals surface area (Å²) in [6, 6.07) is 29.6. The Kier molecular flexibility index (Phi) is 5.45. The fraction of sp³-hybridized carbons (Fsp3) is 0.0800. The smallest absolute Gasteiger partial charge is 0.197 e. The van der Waals surface area contributed by atoms with Crippen LogP contribution in [0.3, 0.4) is 0 Å². The number of furan rings is 1. The van der Waals surface area contributed by atoms with E-state index in [2.05, 4.69) is 12.1 Å². The van der Waals surface area contributed by atoms with Crippen molar-refractivity contribution in [1.29, 1.82) is 0 Å². The molecule has 0 aliphatic rings. The molecule has 3 aromatic carbocycles. The predicted molar refractivity (Wildman–Crippen MR) is 115 cm³/mol. The number of benzene rings is 3. The van der Waals surface area contributed by atoms with Crippen LogP contribution >= 0.6 is 11.8 Å². The van der Waals surface area contributed by atoms with Crippen molar-refractivity contribution in [2.75, 3.05) is 0 Å². The van der Waals surface area contributed by atoms with E-state index in [1.165, 1.54) is 5.56 Å². The Morgan fingerprint density at radius 2 is 1.50 bits per heavy atom. The third-order valence-corrected chi connectivity index (χ3v) is 5.57. The van der Waals surface area contributed by atoms with Gasteiger partial charge in [-0.1, -0.05) is 102 Å². The number of aryl methyl sites for hydroxylation is 1. The predicted octanol–water partition coefficient (Wildman–Crippen LogP) is 6.78.